The molecule has 9 heteroatoms. The predicted molar refractivity (Wildman–Crippen MR) is 110 cm³/mol. The van der Waals surface area contributed by atoms with E-state index >= 15 is 0 Å². The lowest BCUT2D eigenvalue weighted by molar-refractivity contribution is 0.0692. The van der Waals surface area contributed by atoms with E-state index in [9.17, 15) is 4.79 Å². The summed E-state index contributed by atoms with van der Waals surface area (Å²) in [5.41, 5.74) is 4.24. The van der Waals surface area contributed by atoms with Crippen molar-refractivity contribution in [3.8, 4) is 22.8 Å². The Morgan fingerprint density at radius 1 is 1.13 bits per heavy atom. The Balaban J connectivity index is 1.41. The van der Waals surface area contributed by atoms with Crippen LogP contribution in [0.5, 0.6) is 0 Å². The quantitative estimate of drug-likeness (QED) is 0.479. The van der Waals surface area contributed by atoms with Crippen molar-refractivity contribution in [2.75, 3.05) is 13.2 Å². The lowest BCUT2D eigenvalue weighted by Gasteiger charge is -2.22. The first-order valence-electron chi connectivity index (χ1n) is 9.96. The molecule has 4 aromatic rings. The Kier molecular flexibility index (Phi) is 4.59. The second-order valence-electron chi connectivity index (χ2n) is 7.55. The molecule has 30 heavy (non-hydrogen) atoms. The van der Waals surface area contributed by atoms with Crippen LogP contribution in [0, 0.1) is 13.8 Å². The van der Waals surface area contributed by atoms with E-state index in [0.29, 0.717) is 30.8 Å². The number of fused-ring (bicyclic) bond motifs is 1. The maximum atomic E-state index is 12.6. The minimum atomic E-state index is -0.187. The first-order valence-corrected chi connectivity index (χ1v) is 9.96. The molecule has 0 radical (unpaired) electrons. The third kappa shape index (κ3) is 3.48. The highest BCUT2D eigenvalue weighted by atomic mass is 16.5. The summed E-state index contributed by atoms with van der Waals surface area (Å²) in [6.45, 7) is 5.05. The van der Waals surface area contributed by atoms with Crippen LogP contribution in [-0.4, -0.2) is 50.3 Å². The van der Waals surface area contributed by atoms with Gasteiger partial charge in [-0.05, 0) is 44.9 Å². The van der Waals surface area contributed by atoms with Crippen LogP contribution in [0.15, 0.2) is 28.8 Å². The van der Waals surface area contributed by atoms with Crippen LogP contribution in [0.25, 0.3) is 33.7 Å². The topological polar surface area (TPSA) is 122 Å². The third-order valence-corrected chi connectivity index (χ3v) is 5.31. The van der Waals surface area contributed by atoms with Gasteiger partial charge in [0.2, 0.25) is 0 Å². The number of imidazole rings is 1. The number of carbonyl (C=O) groups is 1. The molecule has 1 aliphatic heterocycles. The Bertz CT molecular complexity index is 1210. The average Bonchev–Trinajstić information content (AvgIpc) is 3.46. The molecule has 5 rings (SSSR count). The van der Waals surface area contributed by atoms with Crippen molar-refractivity contribution in [1.82, 2.24) is 30.4 Å². The smallest absolute Gasteiger partial charge is 0.287 e. The molecule has 0 spiro atoms. The van der Waals surface area contributed by atoms with E-state index in [4.69, 9.17) is 9.26 Å². The van der Waals surface area contributed by atoms with Gasteiger partial charge < -0.3 is 24.5 Å². The van der Waals surface area contributed by atoms with E-state index in [2.05, 4.69) is 30.4 Å². The van der Waals surface area contributed by atoms with E-state index in [1.165, 1.54) is 0 Å². The summed E-state index contributed by atoms with van der Waals surface area (Å²) in [6, 6.07) is 8.08. The van der Waals surface area contributed by atoms with Gasteiger partial charge in [-0.3, -0.25) is 4.79 Å². The summed E-state index contributed by atoms with van der Waals surface area (Å²) in [6.07, 6.45) is 1.65. The molecule has 9 nitrogen and oxygen atoms in total. The number of nitrogens with one attached hydrogen (secondary N) is 3. The number of nitrogens with zero attached hydrogens (tertiary/aromatic N) is 3. The molecule has 0 bridgehead atoms. The summed E-state index contributed by atoms with van der Waals surface area (Å²) in [7, 11) is 0. The fourth-order valence-corrected chi connectivity index (χ4v) is 3.75. The number of aromatic nitrogens is 5. The second kappa shape index (κ2) is 7.42. The summed E-state index contributed by atoms with van der Waals surface area (Å²) in [4.78, 5) is 27.9. The lowest BCUT2D eigenvalue weighted by atomic mass is 10.1. The molecule has 0 atom stereocenters. The van der Waals surface area contributed by atoms with E-state index in [1.54, 1.807) is 6.92 Å². The van der Waals surface area contributed by atoms with Gasteiger partial charge in [0.15, 0.2) is 11.6 Å². The molecular weight excluding hydrogens is 384 g/mol. The van der Waals surface area contributed by atoms with Crippen molar-refractivity contribution >= 4 is 16.8 Å². The molecule has 154 valence electrons. The number of amides is 1. The number of aryl methyl sites for hydroxylation is 2. The van der Waals surface area contributed by atoms with Crippen LogP contribution in [0.1, 0.15) is 35.0 Å². The van der Waals surface area contributed by atoms with Gasteiger partial charge >= 0.3 is 0 Å². The van der Waals surface area contributed by atoms with Crippen LogP contribution >= 0.6 is 0 Å². The van der Waals surface area contributed by atoms with Crippen LogP contribution in [-0.2, 0) is 4.74 Å². The second-order valence-corrected chi connectivity index (χ2v) is 7.55. The van der Waals surface area contributed by atoms with Crippen LogP contribution < -0.4 is 5.32 Å². The zero-order valence-electron chi connectivity index (χ0n) is 16.8. The Morgan fingerprint density at radius 3 is 2.73 bits per heavy atom. The largest absolute Gasteiger partial charge is 0.381 e. The molecule has 0 aliphatic carbocycles. The molecular formula is C21H22N6O3. The summed E-state index contributed by atoms with van der Waals surface area (Å²) >= 11 is 0. The van der Waals surface area contributed by atoms with Crippen molar-refractivity contribution < 1.29 is 14.1 Å². The number of rotatable bonds is 4. The molecule has 1 aliphatic rings. The first-order chi connectivity index (χ1) is 14.6. The summed E-state index contributed by atoms with van der Waals surface area (Å²) in [5, 5.41) is 7.87. The Hall–Kier alpha value is -3.46. The van der Waals surface area contributed by atoms with Crippen LogP contribution in [0.3, 0.4) is 0 Å². The van der Waals surface area contributed by atoms with E-state index in [-0.39, 0.29) is 11.9 Å². The minimum Gasteiger partial charge on any atom is -0.381 e. The minimum absolute atomic E-state index is 0.128. The van der Waals surface area contributed by atoms with E-state index in [0.717, 1.165) is 46.4 Å². The SMILES string of the molecule is Cc1noc(-c2cc3cc(-c4nc(C(=O)NC5CCOCC5)[nH]c4C)ccc3[nH]2)n1. The molecule has 3 aromatic heterocycles. The molecule has 1 aromatic carbocycles. The molecule has 0 saturated carbocycles. The zero-order valence-corrected chi connectivity index (χ0v) is 16.8. The number of benzene rings is 1. The highest BCUT2D eigenvalue weighted by Crippen LogP contribution is 2.28. The molecule has 3 N–H and O–H groups in total. The van der Waals surface area contributed by atoms with E-state index < -0.39 is 0 Å². The zero-order chi connectivity index (χ0) is 20.7. The Labute approximate surface area is 172 Å². The van der Waals surface area contributed by atoms with Crippen molar-refractivity contribution in [2.24, 2.45) is 0 Å². The van der Waals surface area contributed by atoms with Crippen molar-refractivity contribution in [2.45, 2.75) is 32.7 Å². The van der Waals surface area contributed by atoms with Crippen LogP contribution in [0.2, 0.25) is 0 Å². The monoisotopic (exact) mass is 406 g/mol. The lowest BCUT2D eigenvalue weighted by Crippen LogP contribution is -2.39. The van der Waals surface area contributed by atoms with Gasteiger partial charge in [-0.25, -0.2) is 4.98 Å². The number of H-pyrrole nitrogens is 2. The first kappa shape index (κ1) is 18.6. The van der Waals surface area contributed by atoms with E-state index in [1.807, 2.05) is 31.2 Å². The molecule has 1 fully saturated rings. The van der Waals surface area contributed by atoms with Gasteiger partial charge in [0.25, 0.3) is 11.8 Å². The average molecular weight is 406 g/mol. The number of aromatic amines is 2. The Morgan fingerprint density at radius 2 is 1.97 bits per heavy atom. The number of ether oxygens (including phenoxy) is 1. The van der Waals surface area contributed by atoms with Crippen molar-refractivity contribution in [3.63, 3.8) is 0 Å². The van der Waals surface area contributed by atoms with Gasteiger partial charge in [0.05, 0.1) is 5.69 Å². The summed E-state index contributed by atoms with van der Waals surface area (Å²) in [5.74, 6) is 1.18. The molecule has 4 heterocycles. The maximum Gasteiger partial charge on any atom is 0.287 e. The van der Waals surface area contributed by atoms with Gasteiger partial charge in [-0.15, -0.1) is 0 Å². The highest BCUT2D eigenvalue weighted by Gasteiger charge is 2.20. The summed E-state index contributed by atoms with van der Waals surface area (Å²) < 4.78 is 10.6. The third-order valence-electron chi connectivity index (χ3n) is 5.31. The van der Waals surface area contributed by atoms with Gasteiger partial charge in [0.1, 0.15) is 5.69 Å². The predicted octanol–water partition coefficient (Wildman–Crippen LogP) is 3.13. The van der Waals surface area contributed by atoms with Crippen molar-refractivity contribution in [3.05, 3.63) is 41.6 Å². The molecule has 1 saturated heterocycles. The molecule has 0 unspecified atom stereocenters. The van der Waals surface area contributed by atoms with Gasteiger partial charge in [-0.2, -0.15) is 4.98 Å². The normalized spacial score (nSPS) is 15.0. The number of carbonyl (C=O) groups excluding carboxylic acids is 1. The molecule has 1 amide bonds. The number of hydrogen-bond acceptors (Lipinski definition) is 6. The van der Waals surface area contributed by atoms with Gasteiger partial charge in [-0.1, -0.05) is 11.2 Å². The fourth-order valence-electron chi connectivity index (χ4n) is 3.75. The standard InChI is InChI=1S/C21H22N6O3/c1-11-18(26-19(22-11)20(28)24-15-5-7-29-8-6-15)13-3-4-16-14(9-13)10-17(25-16)21-23-12(2)27-30-21/h3-4,9-10,15,25H,5-8H2,1-2H3,(H,22,26)(H,24,28). The van der Waals surface area contributed by atoms with Crippen LogP contribution in [0.4, 0.5) is 0 Å². The fraction of sp³-hybridized carbons (Fsp3) is 0.333. The van der Waals surface area contributed by atoms with Crippen molar-refractivity contribution in [1.29, 1.82) is 0 Å². The highest BCUT2D eigenvalue weighted by molar-refractivity contribution is 5.93. The maximum absolute atomic E-state index is 12.6. The van der Waals surface area contributed by atoms with Gasteiger partial charge in [0, 0.05) is 41.4 Å². The number of hydrogen-bond donors (Lipinski definition) is 3.